The zero-order chi connectivity index (χ0) is 16.7. The van der Waals surface area contributed by atoms with E-state index in [-0.39, 0.29) is 10.6 Å². The molecule has 0 saturated heterocycles. The van der Waals surface area contributed by atoms with Gasteiger partial charge in [0.1, 0.15) is 0 Å². The van der Waals surface area contributed by atoms with Gasteiger partial charge in [0, 0.05) is 40.4 Å². The highest BCUT2D eigenvalue weighted by Gasteiger charge is 2.23. The second-order valence-corrected chi connectivity index (χ2v) is 7.62. The molecule has 2 heterocycles. The second-order valence-electron chi connectivity index (χ2n) is 5.32. The average molecular weight is 357 g/mol. The number of hydrogen-bond acceptors (Lipinski definition) is 7. The molecule has 128 valence electrons. The van der Waals surface area contributed by atoms with Crippen molar-refractivity contribution in [2.45, 2.75) is 32.1 Å². The summed E-state index contributed by atoms with van der Waals surface area (Å²) >= 11 is 3.70. The first-order valence-electron chi connectivity index (χ1n) is 7.86. The van der Waals surface area contributed by atoms with E-state index in [0.29, 0.717) is 24.8 Å². The predicted molar refractivity (Wildman–Crippen MR) is 97.2 cm³/mol. The maximum absolute atomic E-state index is 10.8. The fraction of sp³-hybridized carbons (Fsp3) is 0.600. The van der Waals surface area contributed by atoms with Crippen LogP contribution in [0.25, 0.3) is 0 Å². The first kappa shape index (κ1) is 18.1. The molecule has 0 bridgehead atoms. The molecule has 0 aromatic carbocycles. The highest BCUT2D eigenvalue weighted by atomic mass is 32.2. The number of thioether (sulfide) groups is 1. The molecule has 0 radical (unpaired) electrons. The third kappa shape index (κ3) is 5.40. The van der Waals surface area contributed by atoms with Crippen molar-refractivity contribution in [1.29, 1.82) is 0 Å². The summed E-state index contributed by atoms with van der Waals surface area (Å²) in [5.41, 5.74) is 0.273. The lowest BCUT2D eigenvalue weighted by Crippen LogP contribution is -2.26. The molecule has 6 nitrogen and oxygen atoms in total. The van der Waals surface area contributed by atoms with Crippen LogP contribution in [0.2, 0.25) is 0 Å². The van der Waals surface area contributed by atoms with E-state index in [9.17, 15) is 10.1 Å². The van der Waals surface area contributed by atoms with Crippen LogP contribution in [0.4, 0.5) is 0 Å². The van der Waals surface area contributed by atoms with Gasteiger partial charge in [-0.1, -0.05) is 6.92 Å². The number of nitrogens with one attached hydrogen (secondary N) is 3. The first-order valence-corrected chi connectivity index (χ1v) is 9.84. The number of nitro groups is 1. The molecular formula is C15H24N4O2S2. The van der Waals surface area contributed by atoms with Gasteiger partial charge in [-0.15, -0.1) is 11.3 Å². The van der Waals surface area contributed by atoms with Crippen LogP contribution in [0.5, 0.6) is 0 Å². The largest absolute Gasteiger partial charge is 0.366 e. The molecule has 1 aromatic heterocycles. The van der Waals surface area contributed by atoms with Crippen LogP contribution in [0, 0.1) is 10.1 Å². The minimum atomic E-state index is -0.297. The smallest absolute Gasteiger partial charge is 0.287 e. The SMILES string of the molecule is CCNC(C)c1ccc(CSCCNC2=C([N+](=O)[O-])CCN2)s1. The molecule has 0 saturated carbocycles. The van der Waals surface area contributed by atoms with Crippen LogP contribution in [0.15, 0.2) is 23.7 Å². The third-order valence-corrected chi connectivity index (χ3v) is 6.04. The van der Waals surface area contributed by atoms with Crippen molar-refractivity contribution >= 4 is 23.1 Å². The Morgan fingerprint density at radius 2 is 2.35 bits per heavy atom. The standard InChI is InChI=1S/C15H24N4O2S2/c1-3-16-11(2)14-5-4-12(23-14)10-22-9-8-18-15-13(19(20)21)6-7-17-15/h4-5,11,16-18H,3,6-10H2,1-2H3. The van der Waals surface area contributed by atoms with Gasteiger partial charge in [-0.2, -0.15) is 11.8 Å². The molecule has 0 amide bonds. The van der Waals surface area contributed by atoms with Gasteiger partial charge in [-0.05, 0) is 25.6 Å². The number of rotatable bonds is 10. The molecule has 1 aliphatic rings. The molecule has 8 heteroatoms. The van der Waals surface area contributed by atoms with Crippen molar-refractivity contribution in [3.8, 4) is 0 Å². The summed E-state index contributed by atoms with van der Waals surface area (Å²) in [5, 5.41) is 20.4. The van der Waals surface area contributed by atoms with Crippen LogP contribution in [0.3, 0.4) is 0 Å². The normalized spacial score (nSPS) is 15.6. The van der Waals surface area contributed by atoms with Crippen molar-refractivity contribution in [2.75, 3.05) is 25.4 Å². The molecule has 1 aliphatic heterocycles. The van der Waals surface area contributed by atoms with E-state index in [1.165, 1.54) is 9.75 Å². The molecule has 2 rings (SSSR count). The van der Waals surface area contributed by atoms with Crippen LogP contribution >= 0.6 is 23.1 Å². The molecule has 1 atom stereocenters. The molecule has 1 aromatic rings. The van der Waals surface area contributed by atoms with Crippen LogP contribution in [-0.4, -0.2) is 30.3 Å². The minimum absolute atomic E-state index is 0.273. The zero-order valence-corrected chi connectivity index (χ0v) is 15.2. The summed E-state index contributed by atoms with van der Waals surface area (Å²) in [6.45, 7) is 6.66. The van der Waals surface area contributed by atoms with Crippen LogP contribution in [0.1, 0.15) is 36.1 Å². The average Bonchev–Trinajstić information content (AvgIpc) is 3.16. The van der Waals surface area contributed by atoms with E-state index in [0.717, 1.165) is 24.6 Å². The third-order valence-electron chi connectivity index (χ3n) is 3.58. The fourth-order valence-corrected chi connectivity index (χ4v) is 4.42. The van der Waals surface area contributed by atoms with Crippen LogP contribution in [-0.2, 0) is 5.75 Å². The van der Waals surface area contributed by atoms with Gasteiger partial charge in [0.25, 0.3) is 5.70 Å². The fourth-order valence-electron chi connectivity index (χ4n) is 2.41. The topological polar surface area (TPSA) is 79.2 Å². The summed E-state index contributed by atoms with van der Waals surface area (Å²) in [6.07, 6.45) is 0.491. The highest BCUT2D eigenvalue weighted by Crippen LogP contribution is 2.26. The van der Waals surface area contributed by atoms with Crippen molar-refractivity contribution < 1.29 is 4.92 Å². The Bertz CT molecular complexity index is 559. The Morgan fingerprint density at radius 3 is 3.09 bits per heavy atom. The molecule has 3 N–H and O–H groups in total. The van der Waals surface area contributed by atoms with Crippen molar-refractivity contribution in [1.82, 2.24) is 16.0 Å². The van der Waals surface area contributed by atoms with Gasteiger partial charge < -0.3 is 16.0 Å². The Hall–Kier alpha value is -1.25. The molecule has 0 spiro atoms. The van der Waals surface area contributed by atoms with Gasteiger partial charge in [0.2, 0.25) is 0 Å². The Kier molecular flexibility index (Phi) is 7.19. The maximum atomic E-state index is 10.8. The summed E-state index contributed by atoms with van der Waals surface area (Å²) in [5.74, 6) is 2.50. The minimum Gasteiger partial charge on any atom is -0.366 e. The van der Waals surface area contributed by atoms with Gasteiger partial charge in [0.05, 0.1) is 11.3 Å². The Morgan fingerprint density at radius 1 is 1.52 bits per heavy atom. The molecule has 23 heavy (non-hydrogen) atoms. The lowest BCUT2D eigenvalue weighted by Gasteiger charge is -2.09. The van der Waals surface area contributed by atoms with Gasteiger partial charge >= 0.3 is 0 Å². The summed E-state index contributed by atoms with van der Waals surface area (Å²) in [4.78, 5) is 13.3. The summed E-state index contributed by atoms with van der Waals surface area (Å²) in [6, 6.07) is 4.80. The molecule has 0 fully saturated rings. The predicted octanol–water partition coefficient (Wildman–Crippen LogP) is 2.68. The van der Waals surface area contributed by atoms with Crippen LogP contribution < -0.4 is 16.0 Å². The second kappa shape index (κ2) is 9.14. The lowest BCUT2D eigenvalue weighted by molar-refractivity contribution is -0.427. The Balaban J connectivity index is 1.68. The summed E-state index contributed by atoms with van der Waals surface area (Å²) in [7, 11) is 0. The van der Waals surface area contributed by atoms with Crippen molar-refractivity contribution in [2.24, 2.45) is 0 Å². The highest BCUT2D eigenvalue weighted by molar-refractivity contribution is 7.98. The molecule has 1 unspecified atom stereocenters. The van der Waals surface area contributed by atoms with Gasteiger partial charge in [-0.3, -0.25) is 10.1 Å². The lowest BCUT2D eigenvalue weighted by atomic mass is 10.3. The number of thiophene rings is 1. The maximum Gasteiger partial charge on any atom is 0.287 e. The van der Waals surface area contributed by atoms with Gasteiger partial charge in [-0.25, -0.2) is 0 Å². The van der Waals surface area contributed by atoms with E-state index in [1.807, 2.05) is 23.1 Å². The number of nitrogens with zero attached hydrogens (tertiary/aromatic N) is 1. The van der Waals surface area contributed by atoms with E-state index < -0.39 is 0 Å². The van der Waals surface area contributed by atoms with Crippen molar-refractivity contribution in [3.63, 3.8) is 0 Å². The van der Waals surface area contributed by atoms with Crippen molar-refractivity contribution in [3.05, 3.63) is 43.5 Å². The van der Waals surface area contributed by atoms with Gasteiger partial charge in [0.15, 0.2) is 5.82 Å². The van der Waals surface area contributed by atoms with E-state index in [4.69, 9.17) is 0 Å². The Labute approximate surface area is 145 Å². The quantitative estimate of drug-likeness (QED) is 0.340. The molecule has 0 aliphatic carbocycles. The number of hydrogen-bond donors (Lipinski definition) is 3. The zero-order valence-electron chi connectivity index (χ0n) is 13.6. The van der Waals surface area contributed by atoms with E-state index in [1.54, 1.807) is 0 Å². The van der Waals surface area contributed by atoms with E-state index >= 15 is 0 Å². The summed E-state index contributed by atoms with van der Waals surface area (Å²) < 4.78 is 0. The first-order chi connectivity index (χ1) is 11.1. The monoisotopic (exact) mass is 356 g/mol. The van der Waals surface area contributed by atoms with E-state index in [2.05, 4.69) is 41.9 Å². The molecular weight excluding hydrogens is 332 g/mol.